The predicted octanol–water partition coefficient (Wildman–Crippen LogP) is 4.35. The van der Waals surface area contributed by atoms with E-state index in [4.69, 9.17) is 0 Å². The van der Waals surface area contributed by atoms with Gasteiger partial charge in [0, 0.05) is 10.7 Å². The SMILES string of the molecule is CC1(C)CCC(NC(=O)c2cc3cc(F)ccc3s2)C1. The number of benzene rings is 1. The van der Waals surface area contributed by atoms with E-state index in [0.717, 1.165) is 29.3 Å². The van der Waals surface area contributed by atoms with Crippen LogP contribution in [0.3, 0.4) is 0 Å². The molecule has 1 amide bonds. The van der Waals surface area contributed by atoms with Crippen LogP contribution in [0.5, 0.6) is 0 Å². The smallest absolute Gasteiger partial charge is 0.261 e. The lowest BCUT2D eigenvalue weighted by Gasteiger charge is -2.17. The fourth-order valence-corrected chi connectivity index (χ4v) is 3.89. The largest absolute Gasteiger partial charge is 0.349 e. The molecule has 2 aromatic rings. The minimum atomic E-state index is -0.264. The van der Waals surface area contributed by atoms with Crippen molar-refractivity contribution in [2.75, 3.05) is 0 Å². The summed E-state index contributed by atoms with van der Waals surface area (Å²) in [4.78, 5) is 12.9. The first kappa shape index (κ1) is 13.6. The molecule has 1 fully saturated rings. The molecule has 0 saturated heterocycles. The summed E-state index contributed by atoms with van der Waals surface area (Å²) in [6, 6.07) is 6.67. The highest BCUT2D eigenvalue weighted by molar-refractivity contribution is 7.20. The zero-order chi connectivity index (χ0) is 14.3. The van der Waals surface area contributed by atoms with Crippen molar-refractivity contribution >= 4 is 27.3 Å². The second-order valence-electron chi connectivity index (χ2n) is 6.37. The van der Waals surface area contributed by atoms with Gasteiger partial charge in [-0.05, 0) is 54.3 Å². The van der Waals surface area contributed by atoms with E-state index in [-0.39, 0.29) is 17.8 Å². The quantitative estimate of drug-likeness (QED) is 0.875. The van der Waals surface area contributed by atoms with E-state index in [1.165, 1.54) is 23.5 Å². The number of carbonyl (C=O) groups is 1. The summed E-state index contributed by atoms with van der Waals surface area (Å²) in [7, 11) is 0. The maximum absolute atomic E-state index is 13.2. The van der Waals surface area contributed by atoms with Crippen molar-refractivity contribution in [1.82, 2.24) is 5.32 Å². The minimum Gasteiger partial charge on any atom is -0.349 e. The molecule has 4 heteroatoms. The van der Waals surface area contributed by atoms with Gasteiger partial charge in [0.1, 0.15) is 5.82 Å². The summed E-state index contributed by atoms with van der Waals surface area (Å²) in [5, 5.41) is 3.90. The highest BCUT2D eigenvalue weighted by Crippen LogP contribution is 2.37. The van der Waals surface area contributed by atoms with E-state index in [2.05, 4.69) is 19.2 Å². The Morgan fingerprint density at radius 2 is 2.20 bits per heavy atom. The van der Waals surface area contributed by atoms with E-state index < -0.39 is 0 Å². The van der Waals surface area contributed by atoms with Crippen LogP contribution < -0.4 is 5.32 Å². The average Bonchev–Trinajstić information content (AvgIpc) is 2.92. The number of halogens is 1. The van der Waals surface area contributed by atoms with Crippen LogP contribution in [0.15, 0.2) is 24.3 Å². The van der Waals surface area contributed by atoms with Crippen LogP contribution >= 0.6 is 11.3 Å². The third-order valence-corrected chi connectivity index (χ3v) is 5.12. The summed E-state index contributed by atoms with van der Waals surface area (Å²) >= 11 is 1.42. The zero-order valence-corrected chi connectivity index (χ0v) is 12.5. The van der Waals surface area contributed by atoms with Gasteiger partial charge in [-0.1, -0.05) is 13.8 Å². The lowest BCUT2D eigenvalue weighted by atomic mass is 9.92. The van der Waals surface area contributed by atoms with Crippen LogP contribution in [0.1, 0.15) is 42.8 Å². The van der Waals surface area contributed by atoms with E-state index >= 15 is 0 Å². The summed E-state index contributed by atoms with van der Waals surface area (Å²) in [6.07, 6.45) is 3.21. The third-order valence-electron chi connectivity index (χ3n) is 4.01. The Morgan fingerprint density at radius 3 is 2.90 bits per heavy atom. The second kappa shape index (κ2) is 4.85. The van der Waals surface area contributed by atoms with E-state index in [9.17, 15) is 9.18 Å². The van der Waals surface area contributed by atoms with Crippen molar-refractivity contribution in [3.05, 3.63) is 35.0 Å². The van der Waals surface area contributed by atoms with Gasteiger partial charge in [-0.2, -0.15) is 0 Å². The van der Waals surface area contributed by atoms with Gasteiger partial charge < -0.3 is 5.32 Å². The molecule has 1 aromatic heterocycles. The number of fused-ring (bicyclic) bond motifs is 1. The number of rotatable bonds is 2. The van der Waals surface area contributed by atoms with E-state index in [1.807, 2.05) is 0 Å². The second-order valence-corrected chi connectivity index (χ2v) is 7.45. The molecule has 3 rings (SSSR count). The molecule has 0 bridgehead atoms. The molecule has 1 saturated carbocycles. The van der Waals surface area contributed by atoms with Crippen molar-refractivity contribution in [3.63, 3.8) is 0 Å². The van der Waals surface area contributed by atoms with Gasteiger partial charge >= 0.3 is 0 Å². The minimum absolute atomic E-state index is 0.0330. The monoisotopic (exact) mass is 291 g/mol. The molecule has 1 heterocycles. The number of hydrogen-bond acceptors (Lipinski definition) is 2. The van der Waals surface area contributed by atoms with Crippen molar-refractivity contribution in [2.24, 2.45) is 5.41 Å². The van der Waals surface area contributed by atoms with Crippen LogP contribution in [0.25, 0.3) is 10.1 Å². The molecular weight excluding hydrogens is 273 g/mol. The normalized spacial score (nSPS) is 21.2. The standard InChI is InChI=1S/C16H18FNOS/c1-16(2)6-5-12(9-16)18-15(19)14-8-10-7-11(17)3-4-13(10)20-14/h3-4,7-8,12H,5-6,9H2,1-2H3,(H,18,19). The van der Waals surface area contributed by atoms with Crippen molar-refractivity contribution in [3.8, 4) is 0 Å². The molecule has 0 aliphatic heterocycles. The summed E-state index contributed by atoms with van der Waals surface area (Å²) in [5.41, 5.74) is 0.321. The topological polar surface area (TPSA) is 29.1 Å². The molecule has 1 aromatic carbocycles. The maximum atomic E-state index is 13.2. The summed E-state index contributed by atoms with van der Waals surface area (Å²) < 4.78 is 14.1. The Kier molecular flexibility index (Phi) is 3.28. The first-order valence-electron chi connectivity index (χ1n) is 6.93. The number of amides is 1. The Balaban J connectivity index is 1.76. The highest BCUT2D eigenvalue weighted by Gasteiger charge is 2.31. The van der Waals surface area contributed by atoms with Gasteiger partial charge in [-0.15, -0.1) is 11.3 Å². The molecule has 1 aliphatic carbocycles. The molecule has 1 N–H and O–H groups in total. The Hall–Kier alpha value is -1.42. The van der Waals surface area contributed by atoms with Crippen LogP contribution in [-0.4, -0.2) is 11.9 Å². The Labute approximate surface area is 122 Å². The van der Waals surface area contributed by atoms with Crippen molar-refractivity contribution < 1.29 is 9.18 Å². The van der Waals surface area contributed by atoms with Gasteiger partial charge in [-0.3, -0.25) is 4.79 Å². The van der Waals surface area contributed by atoms with Crippen LogP contribution in [-0.2, 0) is 0 Å². The molecule has 2 nitrogen and oxygen atoms in total. The molecule has 20 heavy (non-hydrogen) atoms. The number of nitrogens with one attached hydrogen (secondary N) is 1. The number of thiophene rings is 1. The summed E-state index contributed by atoms with van der Waals surface area (Å²) in [6.45, 7) is 4.47. The van der Waals surface area contributed by atoms with E-state index in [1.54, 1.807) is 12.1 Å². The van der Waals surface area contributed by atoms with Gasteiger partial charge in [0.2, 0.25) is 0 Å². The highest BCUT2D eigenvalue weighted by atomic mass is 32.1. The van der Waals surface area contributed by atoms with Gasteiger partial charge in [0.05, 0.1) is 4.88 Å². The fourth-order valence-electron chi connectivity index (χ4n) is 2.94. The fraction of sp³-hybridized carbons (Fsp3) is 0.438. The van der Waals surface area contributed by atoms with Crippen molar-refractivity contribution in [2.45, 2.75) is 39.2 Å². The lowest BCUT2D eigenvalue weighted by Crippen LogP contribution is -2.32. The first-order chi connectivity index (χ1) is 9.43. The molecule has 0 radical (unpaired) electrons. The predicted molar refractivity (Wildman–Crippen MR) is 80.7 cm³/mol. The van der Waals surface area contributed by atoms with Crippen LogP contribution in [0, 0.1) is 11.2 Å². The third kappa shape index (κ3) is 2.70. The average molecular weight is 291 g/mol. The van der Waals surface area contributed by atoms with Gasteiger partial charge in [0.25, 0.3) is 5.91 Å². The molecule has 1 aliphatic rings. The van der Waals surface area contributed by atoms with E-state index in [0.29, 0.717) is 10.3 Å². The molecule has 106 valence electrons. The molecule has 0 spiro atoms. The molecular formula is C16H18FNOS. The number of hydrogen-bond donors (Lipinski definition) is 1. The first-order valence-corrected chi connectivity index (χ1v) is 7.75. The van der Waals surface area contributed by atoms with Gasteiger partial charge in [-0.25, -0.2) is 4.39 Å². The van der Waals surface area contributed by atoms with Crippen LogP contribution in [0.4, 0.5) is 4.39 Å². The van der Waals surface area contributed by atoms with Crippen LogP contribution in [0.2, 0.25) is 0 Å². The molecule has 1 unspecified atom stereocenters. The summed E-state index contributed by atoms with van der Waals surface area (Å²) in [5.74, 6) is -0.297. The maximum Gasteiger partial charge on any atom is 0.261 e. The van der Waals surface area contributed by atoms with Crippen molar-refractivity contribution in [1.29, 1.82) is 0 Å². The Bertz CT molecular complexity index is 662. The lowest BCUT2D eigenvalue weighted by molar-refractivity contribution is 0.0940. The zero-order valence-electron chi connectivity index (χ0n) is 11.7. The van der Waals surface area contributed by atoms with Gasteiger partial charge in [0.15, 0.2) is 0 Å². The molecule has 1 atom stereocenters. The Morgan fingerprint density at radius 1 is 1.40 bits per heavy atom. The number of carbonyl (C=O) groups excluding carboxylic acids is 1.